The molecule has 134 valence electrons. The molecular formula is C15H14Cl5N5. The molecule has 0 unspecified atom stereocenters. The molecule has 0 saturated carbocycles. The normalized spacial score (nSPS) is 16.3. The second-order valence-electron chi connectivity index (χ2n) is 5.76. The summed E-state index contributed by atoms with van der Waals surface area (Å²) >= 11 is 30.2. The van der Waals surface area contributed by atoms with Gasteiger partial charge in [0.25, 0.3) is 0 Å². The summed E-state index contributed by atoms with van der Waals surface area (Å²) in [5.74, 6) is 0.823. The van der Waals surface area contributed by atoms with Crippen LogP contribution in [0.1, 0.15) is 18.7 Å². The van der Waals surface area contributed by atoms with Crippen molar-refractivity contribution in [3.05, 3.63) is 34.1 Å². The summed E-state index contributed by atoms with van der Waals surface area (Å²) in [6, 6.07) is 5.19. The number of rotatable bonds is 2. The largest absolute Gasteiger partial charge is 0.341 e. The fourth-order valence-electron chi connectivity index (χ4n) is 2.54. The number of anilines is 1. The summed E-state index contributed by atoms with van der Waals surface area (Å²) in [7, 11) is 0. The molecule has 1 saturated heterocycles. The van der Waals surface area contributed by atoms with E-state index in [0.29, 0.717) is 27.4 Å². The minimum absolute atomic E-state index is 0.0449. The van der Waals surface area contributed by atoms with E-state index in [9.17, 15) is 0 Å². The van der Waals surface area contributed by atoms with Gasteiger partial charge in [-0.1, -0.05) is 58.0 Å². The van der Waals surface area contributed by atoms with Crippen molar-refractivity contribution in [1.82, 2.24) is 15.0 Å². The lowest BCUT2D eigenvalue weighted by molar-refractivity contribution is 0.494. The van der Waals surface area contributed by atoms with Gasteiger partial charge < -0.3 is 10.6 Å². The van der Waals surface area contributed by atoms with Crippen LogP contribution in [0.15, 0.2) is 18.2 Å². The first-order valence-corrected chi connectivity index (χ1v) is 9.41. The zero-order valence-electron chi connectivity index (χ0n) is 12.9. The van der Waals surface area contributed by atoms with E-state index in [1.807, 2.05) is 4.90 Å². The minimum Gasteiger partial charge on any atom is -0.341 e. The van der Waals surface area contributed by atoms with Gasteiger partial charge in [-0.25, -0.2) is 4.98 Å². The molecule has 2 heterocycles. The van der Waals surface area contributed by atoms with Crippen molar-refractivity contribution in [3.8, 4) is 11.4 Å². The van der Waals surface area contributed by atoms with Gasteiger partial charge in [-0.2, -0.15) is 9.97 Å². The van der Waals surface area contributed by atoms with Crippen LogP contribution in [-0.4, -0.2) is 34.1 Å². The van der Waals surface area contributed by atoms with E-state index in [0.717, 1.165) is 25.9 Å². The Hall–Kier alpha value is -0.560. The van der Waals surface area contributed by atoms with E-state index >= 15 is 0 Å². The standard InChI is InChI=1S/C15H14Cl5N5/c16-9-5-8(6-10(17)7-9)12-22-13(15(18,19)20)24-14(23-12)25-3-1-11(21)2-4-25/h5-7,11H,1-4,21H2. The first kappa shape index (κ1) is 19.2. The Labute approximate surface area is 170 Å². The van der Waals surface area contributed by atoms with Crippen LogP contribution < -0.4 is 10.6 Å². The van der Waals surface area contributed by atoms with Crippen LogP contribution in [0.2, 0.25) is 10.0 Å². The lowest BCUT2D eigenvalue weighted by atomic mass is 10.1. The van der Waals surface area contributed by atoms with Gasteiger partial charge in [-0.05, 0) is 31.0 Å². The summed E-state index contributed by atoms with van der Waals surface area (Å²) in [4.78, 5) is 15.1. The maximum atomic E-state index is 6.08. The first-order chi connectivity index (χ1) is 11.7. The Morgan fingerprint density at radius 2 is 1.56 bits per heavy atom. The Kier molecular flexibility index (Phi) is 5.83. The number of halogens is 5. The second-order valence-corrected chi connectivity index (χ2v) is 8.92. The van der Waals surface area contributed by atoms with Gasteiger partial charge >= 0.3 is 0 Å². The third-order valence-electron chi connectivity index (χ3n) is 3.82. The number of hydrogen-bond donors (Lipinski definition) is 1. The molecule has 0 amide bonds. The Balaban J connectivity index is 2.07. The van der Waals surface area contributed by atoms with Crippen LogP contribution in [-0.2, 0) is 3.79 Å². The zero-order valence-corrected chi connectivity index (χ0v) is 16.7. The van der Waals surface area contributed by atoms with Crippen LogP contribution in [0.3, 0.4) is 0 Å². The third kappa shape index (κ3) is 4.79. The summed E-state index contributed by atoms with van der Waals surface area (Å²) in [6.07, 6.45) is 1.68. The van der Waals surface area contributed by atoms with Crippen molar-refractivity contribution >= 4 is 64.0 Å². The van der Waals surface area contributed by atoms with Gasteiger partial charge in [0.2, 0.25) is 9.74 Å². The monoisotopic (exact) mass is 439 g/mol. The molecule has 0 spiro atoms. The van der Waals surface area contributed by atoms with Crippen molar-refractivity contribution in [2.45, 2.75) is 22.7 Å². The number of alkyl halides is 3. The molecule has 1 aromatic carbocycles. The van der Waals surface area contributed by atoms with Crippen molar-refractivity contribution in [2.24, 2.45) is 5.73 Å². The topological polar surface area (TPSA) is 67.9 Å². The Morgan fingerprint density at radius 1 is 0.960 bits per heavy atom. The molecule has 1 aromatic heterocycles. The van der Waals surface area contributed by atoms with E-state index in [1.165, 1.54) is 0 Å². The van der Waals surface area contributed by atoms with Crippen LogP contribution in [0.5, 0.6) is 0 Å². The number of piperidine rings is 1. The van der Waals surface area contributed by atoms with Gasteiger partial charge in [-0.3, -0.25) is 0 Å². The van der Waals surface area contributed by atoms with Crippen molar-refractivity contribution in [2.75, 3.05) is 18.0 Å². The lowest BCUT2D eigenvalue weighted by Gasteiger charge is -2.30. The molecule has 5 nitrogen and oxygen atoms in total. The van der Waals surface area contributed by atoms with Gasteiger partial charge in [-0.15, -0.1) is 0 Å². The van der Waals surface area contributed by atoms with E-state index in [-0.39, 0.29) is 11.9 Å². The molecule has 0 radical (unpaired) electrons. The Morgan fingerprint density at radius 3 is 2.12 bits per heavy atom. The number of hydrogen-bond acceptors (Lipinski definition) is 5. The van der Waals surface area contributed by atoms with Crippen LogP contribution in [0, 0.1) is 0 Å². The molecule has 1 aliphatic rings. The van der Waals surface area contributed by atoms with Crippen molar-refractivity contribution in [3.63, 3.8) is 0 Å². The smallest absolute Gasteiger partial charge is 0.250 e. The van der Waals surface area contributed by atoms with Gasteiger partial charge in [0.1, 0.15) is 0 Å². The highest BCUT2D eigenvalue weighted by Gasteiger charge is 2.30. The SMILES string of the molecule is NC1CCN(c2nc(-c3cc(Cl)cc(Cl)c3)nc(C(Cl)(Cl)Cl)n2)CC1. The summed E-state index contributed by atoms with van der Waals surface area (Å²) in [5, 5.41) is 0.924. The van der Waals surface area contributed by atoms with Gasteiger partial charge in [0.05, 0.1) is 0 Å². The van der Waals surface area contributed by atoms with Crippen LogP contribution >= 0.6 is 58.0 Å². The maximum absolute atomic E-state index is 6.08. The zero-order chi connectivity index (χ0) is 18.2. The third-order valence-corrected chi connectivity index (χ3v) is 4.76. The number of nitrogens with zero attached hydrogens (tertiary/aromatic N) is 4. The predicted molar refractivity (Wildman–Crippen MR) is 104 cm³/mol. The summed E-state index contributed by atoms with van der Waals surface area (Å²) in [5.41, 5.74) is 6.57. The molecule has 10 heteroatoms. The second kappa shape index (κ2) is 7.59. The van der Waals surface area contributed by atoms with E-state index < -0.39 is 3.79 Å². The average Bonchev–Trinajstić information content (AvgIpc) is 2.53. The molecule has 3 rings (SSSR count). The maximum Gasteiger partial charge on any atom is 0.250 e. The summed E-state index contributed by atoms with van der Waals surface area (Å²) in [6.45, 7) is 1.44. The number of nitrogens with two attached hydrogens (primary N) is 1. The molecule has 1 aliphatic heterocycles. The predicted octanol–water partition coefficient (Wildman–Crippen LogP) is 4.60. The van der Waals surface area contributed by atoms with E-state index in [2.05, 4.69) is 15.0 Å². The first-order valence-electron chi connectivity index (χ1n) is 7.52. The molecular weight excluding hydrogens is 427 g/mol. The van der Waals surface area contributed by atoms with E-state index in [1.54, 1.807) is 18.2 Å². The fraction of sp³-hybridized carbons (Fsp3) is 0.400. The molecule has 25 heavy (non-hydrogen) atoms. The fourth-order valence-corrected chi connectivity index (χ4v) is 3.32. The number of aromatic nitrogens is 3. The molecule has 0 aliphatic carbocycles. The molecule has 2 N–H and O–H groups in total. The highest BCUT2D eigenvalue weighted by Crippen LogP contribution is 2.37. The minimum atomic E-state index is -1.78. The molecule has 2 aromatic rings. The van der Waals surface area contributed by atoms with Crippen LogP contribution in [0.25, 0.3) is 11.4 Å². The highest BCUT2D eigenvalue weighted by molar-refractivity contribution is 6.66. The lowest BCUT2D eigenvalue weighted by Crippen LogP contribution is -2.40. The van der Waals surface area contributed by atoms with Crippen molar-refractivity contribution < 1.29 is 0 Å². The molecule has 0 bridgehead atoms. The van der Waals surface area contributed by atoms with Crippen LogP contribution in [0.4, 0.5) is 5.95 Å². The highest BCUT2D eigenvalue weighted by atomic mass is 35.6. The number of benzene rings is 1. The van der Waals surface area contributed by atoms with Gasteiger partial charge in [0.15, 0.2) is 11.6 Å². The van der Waals surface area contributed by atoms with E-state index in [4.69, 9.17) is 63.7 Å². The molecule has 1 fully saturated rings. The van der Waals surface area contributed by atoms with Crippen molar-refractivity contribution in [1.29, 1.82) is 0 Å². The molecule has 0 atom stereocenters. The average molecular weight is 442 g/mol. The Bertz CT molecular complexity index is 751. The quantitative estimate of drug-likeness (QED) is 0.690. The summed E-state index contributed by atoms with van der Waals surface area (Å²) < 4.78 is -1.78. The van der Waals surface area contributed by atoms with Gasteiger partial charge in [0, 0.05) is 34.7 Å².